The minimum atomic E-state index is -0.535. The zero-order valence-electron chi connectivity index (χ0n) is 9.23. The van der Waals surface area contributed by atoms with Crippen molar-refractivity contribution < 1.29 is 9.47 Å². The molecule has 82 valence electrons. The summed E-state index contributed by atoms with van der Waals surface area (Å²) in [5, 5.41) is 0. The Morgan fingerprint density at radius 1 is 1.33 bits per heavy atom. The van der Waals surface area contributed by atoms with Crippen LogP contribution in [0, 0.1) is 0 Å². The molecule has 0 amide bonds. The fourth-order valence-electron chi connectivity index (χ4n) is 1.82. The summed E-state index contributed by atoms with van der Waals surface area (Å²) in [6.07, 6.45) is 1.54. The molecule has 0 radical (unpaired) electrons. The van der Waals surface area contributed by atoms with Gasteiger partial charge in [-0.15, -0.1) is 0 Å². The van der Waals surface area contributed by atoms with Gasteiger partial charge in [-0.1, -0.05) is 0 Å². The largest absolute Gasteiger partial charge is 0.397 e. The van der Waals surface area contributed by atoms with Crippen LogP contribution in [0.3, 0.4) is 0 Å². The van der Waals surface area contributed by atoms with Gasteiger partial charge in [0.05, 0.1) is 23.7 Å². The van der Waals surface area contributed by atoms with E-state index < -0.39 is 5.79 Å². The standard InChI is InChI=1S/C11H16N2O2/c1-7-10(15-11(2,3)14-7)9-5-4-8(12)6-13-9/h4-7,10H,12H2,1-3H3/t7-,10-/m0/s1. The van der Waals surface area contributed by atoms with Crippen molar-refractivity contribution in [2.45, 2.75) is 38.8 Å². The summed E-state index contributed by atoms with van der Waals surface area (Å²) in [6, 6.07) is 3.70. The fourth-order valence-corrected chi connectivity index (χ4v) is 1.82. The number of anilines is 1. The third-order valence-corrected chi connectivity index (χ3v) is 2.41. The number of nitrogen functional groups attached to an aromatic ring is 1. The highest BCUT2D eigenvalue weighted by atomic mass is 16.7. The van der Waals surface area contributed by atoms with Gasteiger partial charge >= 0.3 is 0 Å². The topological polar surface area (TPSA) is 57.4 Å². The normalized spacial score (nSPS) is 29.3. The number of hydrogen-bond donors (Lipinski definition) is 1. The molecule has 0 saturated carbocycles. The second-order valence-electron chi connectivity index (χ2n) is 4.28. The molecule has 15 heavy (non-hydrogen) atoms. The fraction of sp³-hybridized carbons (Fsp3) is 0.545. The predicted molar refractivity (Wildman–Crippen MR) is 57.1 cm³/mol. The van der Waals surface area contributed by atoms with E-state index in [2.05, 4.69) is 4.98 Å². The van der Waals surface area contributed by atoms with Crippen LogP contribution >= 0.6 is 0 Å². The van der Waals surface area contributed by atoms with E-state index in [1.54, 1.807) is 6.20 Å². The van der Waals surface area contributed by atoms with Crippen molar-refractivity contribution >= 4 is 5.69 Å². The number of hydrogen-bond acceptors (Lipinski definition) is 4. The first-order valence-electron chi connectivity index (χ1n) is 5.05. The van der Waals surface area contributed by atoms with Crippen molar-refractivity contribution in [1.82, 2.24) is 4.98 Å². The molecule has 0 spiro atoms. The first kappa shape index (κ1) is 10.4. The molecule has 2 atom stereocenters. The maximum Gasteiger partial charge on any atom is 0.164 e. The van der Waals surface area contributed by atoms with Crippen LogP contribution in [-0.2, 0) is 9.47 Å². The van der Waals surface area contributed by atoms with Crippen molar-refractivity contribution in [2.75, 3.05) is 5.73 Å². The van der Waals surface area contributed by atoms with Gasteiger partial charge in [-0.25, -0.2) is 0 Å². The van der Waals surface area contributed by atoms with Crippen LogP contribution in [0.1, 0.15) is 32.6 Å². The third kappa shape index (κ3) is 2.11. The average molecular weight is 208 g/mol. The Balaban J connectivity index is 2.21. The molecule has 1 aliphatic rings. The Kier molecular flexibility index (Phi) is 2.40. The molecular formula is C11H16N2O2. The lowest BCUT2D eigenvalue weighted by Crippen LogP contribution is -2.20. The molecule has 1 aromatic heterocycles. The van der Waals surface area contributed by atoms with Gasteiger partial charge in [0.1, 0.15) is 6.10 Å². The number of pyridine rings is 1. The monoisotopic (exact) mass is 208 g/mol. The van der Waals surface area contributed by atoms with Gasteiger partial charge in [0.15, 0.2) is 5.79 Å². The van der Waals surface area contributed by atoms with Gasteiger partial charge in [-0.3, -0.25) is 4.98 Å². The molecular weight excluding hydrogens is 192 g/mol. The Labute approximate surface area is 89.4 Å². The number of rotatable bonds is 1. The second kappa shape index (κ2) is 3.47. The minimum Gasteiger partial charge on any atom is -0.397 e. The van der Waals surface area contributed by atoms with Crippen LogP contribution in [0.15, 0.2) is 18.3 Å². The summed E-state index contributed by atoms with van der Waals surface area (Å²) in [6.45, 7) is 5.79. The van der Waals surface area contributed by atoms with Crippen molar-refractivity contribution in [3.8, 4) is 0 Å². The highest BCUT2D eigenvalue weighted by molar-refractivity contribution is 5.35. The van der Waals surface area contributed by atoms with E-state index in [4.69, 9.17) is 15.2 Å². The number of nitrogens with zero attached hydrogens (tertiary/aromatic N) is 1. The first-order chi connectivity index (χ1) is 6.98. The molecule has 0 aromatic carbocycles. The van der Waals surface area contributed by atoms with Crippen LogP contribution in [-0.4, -0.2) is 16.9 Å². The van der Waals surface area contributed by atoms with Gasteiger partial charge in [-0.2, -0.15) is 0 Å². The zero-order valence-corrected chi connectivity index (χ0v) is 9.23. The van der Waals surface area contributed by atoms with Crippen molar-refractivity contribution in [3.05, 3.63) is 24.0 Å². The first-order valence-corrected chi connectivity index (χ1v) is 5.05. The van der Waals surface area contributed by atoms with Crippen LogP contribution in [0.25, 0.3) is 0 Å². The summed E-state index contributed by atoms with van der Waals surface area (Å²) in [7, 11) is 0. The highest BCUT2D eigenvalue weighted by Crippen LogP contribution is 2.37. The molecule has 1 aliphatic heterocycles. The molecule has 0 bridgehead atoms. The van der Waals surface area contributed by atoms with E-state index in [1.807, 2.05) is 32.9 Å². The number of aromatic nitrogens is 1. The summed E-state index contributed by atoms with van der Waals surface area (Å²) < 4.78 is 11.4. The summed E-state index contributed by atoms with van der Waals surface area (Å²) in [5.74, 6) is -0.535. The lowest BCUT2D eigenvalue weighted by Gasteiger charge is -2.16. The van der Waals surface area contributed by atoms with E-state index in [0.29, 0.717) is 5.69 Å². The quantitative estimate of drug-likeness (QED) is 0.765. The van der Waals surface area contributed by atoms with Gasteiger partial charge in [0, 0.05) is 0 Å². The third-order valence-electron chi connectivity index (χ3n) is 2.41. The van der Waals surface area contributed by atoms with Crippen LogP contribution in [0.2, 0.25) is 0 Å². The summed E-state index contributed by atoms with van der Waals surface area (Å²) in [4.78, 5) is 4.25. The van der Waals surface area contributed by atoms with Gasteiger partial charge in [0.25, 0.3) is 0 Å². The Morgan fingerprint density at radius 2 is 2.07 bits per heavy atom. The predicted octanol–water partition coefficient (Wildman–Crippen LogP) is 1.88. The molecule has 0 aliphatic carbocycles. The van der Waals surface area contributed by atoms with E-state index in [-0.39, 0.29) is 12.2 Å². The molecule has 0 unspecified atom stereocenters. The second-order valence-corrected chi connectivity index (χ2v) is 4.28. The SMILES string of the molecule is C[C@@H]1OC(C)(C)O[C@@H]1c1ccc(N)cn1. The highest BCUT2D eigenvalue weighted by Gasteiger charge is 2.40. The molecule has 2 heterocycles. The van der Waals surface area contributed by atoms with Crippen LogP contribution in [0.4, 0.5) is 5.69 Å². The van der Waals surface area contributed by atoms with Crippen molar-refractivity contribution in [3.63, 3.8) is 0 Å². The van der Waals surface area contributed by atoms with E-state index in [0.717, 1.165) is 5.69 Å². The molecule has 1 fully saturated rings. The molecule has 4 heteroatoms. The lowest BCUT2D eigenvalue weighted by molar-refractivity contribution is -0.145. The zero-order chi connectivity index (χ0) is 11.1. The molecule has 1 saturated heterocycles. The van der Waals surface area contributed by atoms with E-state index in [9.17, 15) is 0 Å². The molecule has 2 rings (SSSR count). The molecule has 4 nitrogen and oxygen atoms in total. The summed E-state index contributed by atoms with van der Waals surface area (Å²) in [5.41, 5.74) is 7.10. The maximum absolute atomic E-state index is 5.76. The Bertz CT molecular complexity index is 348. The Hall–Kier alpha value is -1.13. The van der Waals surface area contributed by atoms with Gasteiger partial charge < -0.3 is 15.2 Å². The average Bonchev–Trinajstić information content (AvgIpc) is 2.41. The molecule has 2 N–H and O–H groups in total. The number of nitrogens with two attached hydrogens (primary N) is 1. The summed E-state index contributed by atoms with van der Waals surface area (Å²) >= 11 is 0. The van der Waals surface area contributed by atoms with Gasteiger partial charge in [0.2, 0.25) is 0 Å². The maximum atomic E-state index is 5.76. The van der Waals surface area contributed by atoms with Crippen LogP contribution < -0.4 is 5.73 Å². The van der Waals surface area contributed by atoms with Crippen molar-refractivity contribution in [2.24, 2.45) is 0 Å². The smallest absolute Gasteiger partial charge is 0.164 e. The van der Waals surface area contributed by atoms with E-state index in [1.165, 1.54) is 0 Å². The minimum absolute atomic E-state index is 0.0103. The van der Waals surface area contributed by atoms with Crippen molar-refractivity contribution in [1.29, 1.82) is 0 Å². The molecule has 1 aromatic rings. The van der Waals surface area contributed by atoms with Gasteiger partial charge in [-0.05, 0) is 32.9 Å². The number of ether oxygens (including phenoxy) is 2. The van der Waals surface area contributed by atoms with Crippen LogP contribution in [0.5, 0.6) is 0 Å². The lowest BCUT2D eigenvalue weighted by atomic mass is 10.1. The Morgan fingerprint density at radius 3 is 2.53 bits per heavy atom. The van der Waals surface area contributed by atoms with E-state index >= 15 is 0 Å².